The number of urea groups is 1. The molecular formula is C16H23FN2O. The first-order valence-corrected chi connectivity index (χ1v) is 7.33. The van der Waals surface area contributed by atoms with Gasteiger partial charge in [0.2, 0.25) is 0 Å². The van der Waals surface area contributed by atoms with Gasteiger partial charge in [-0.3, -0.25) is 0 Å². The van der Waals surface area contributed by atoms with Gasteiger partial charge in [0.05, 0.1) is 0 Å². The SMILES string of the molecule is CC1CCCCC1NC(=O)N(C)Cc1ccccc1F. The molecule has 4 heteroatoms. The summed E-state index contributed by atoms with van der Waals surface area (Å²) in [5.74, 6) is 0.257. The molecule has 0 saturated heterocycles. The summed E-state index contributed by atoms with van der Waals surface area (Å²) in [6.07, 6.45) is 4.63. The molecule has 110 valence electrons. The van der Waals surface area contributed by atoms with Gasteiger partial charge in [0.25, 0.3) is 0 Å². The lowest BCUT2D eigenvalue weighted by Gasteiger charge is -2.31. The highest BCUT2D eigenvalue weighted by Gasteiger charge is 2.24. The van der Waals surface area contributed by atoms with Crippen molar-refractivity contribution in [3.05, 3.63) is 35.6 Å². The van der Waals surface area contributed by atoms with Crippen molar-refractivity contribution in [2.24, 2.45) is 5.92 Å². The maximum absolute atomic E-state index is 13.6. The van der Waals surface area contributed by atoms with Crippen molar-refractivity contribution in [3.63, 3.8) is 0 Å². The van der Waals surface area contributed by atoms with Crippen LogP contribution in [-0.2, 0) is 6.54 Å². The Morgan fingerprint density at radius 2 is 2.05 bits per heavy atom. The Kier molecular flexibility index (Phi) is 4.99. The molecule has 1 aromatic carbocycles. The second-order valence-corrected chi connectivity index (χ2v) is 5.77. The van der Waals surface area contributed by atoms with Crippen LogP contribution in [0.2, 0.25) is 0 Å². The van der Waals surface area contributed by atoms with Gasteiger partial charge in [-0.25, -0.2) is 9.18 Å². The van der Waals surface area contributed by atoms with E-state index in [4.69, 9.17) is 0 Å². The maximum atomic E-state index is 13.6. The van der Waals surface area contributed by atoms with Gasteiger partial charge in [-0.15, -0.1) is 0 Å². The molecule has 2 rings (SSSR count). The van der Waals surface area contributed by atoms with Crippen LogP contribution in [0.15, 0.2) is 24.3 Å². The van der Waals surface area contributed by atoms with Gasteiger partial charge in [0.1, 0.15) is 5.82 Å². The fourth-order valence-electron chi connectivity index (χ4n) is 2.75. The van der Waals surface area contributed by atoms with Crippen LogP contribution >= 0.6 is 0 Å². The molecule has 1 aliphatic rings. The van der Waals surface area contributed by atoms with E-state index >= 15 is 0 Å². The van der Waals surface area contributed by atoms with Crippen molar-refractivity contribution in [3.8, 4) is 0 Å². The first-order chi connectivity index (χ1) is 9.58. The van der Waals surface area contributed by atoms with Crippen molar-refractivity contribution >= 4 is 6.03 Å². The Bertz CT molecular complexity index is 464. The number of rotatable bonds is 3. The highest BCUT2D eigenvalue weighted by molar-refractivity contribution is 5.74. The second kappa shape index (κ2) is 6.73. The van der Waals surface area contributed by atoms with E-state index in [1.54, 1.807) is 30.1 Å². The molecule has 0 aromatic heterocycles. The summed E-state index contributed by atoms with van der Waals surface area (Å²) in [6.45, 7) is 2.47. The van der Waals surface area contributed by atoms with Crippen LogP contribution in [0.5, 0.6) is 0 Å². The Morgan fingerprint density at radius 3 is 2.75 bits per heavy atom. The summed E-state index contributed by atoms with van der Waals surface area (Å²) < 4.78 is 13.6. The van der Waals surface area contributed by atoms with Gasteiger partial charge >= 0.3 is 6.03 Å². The van der Waals surface area contributed by atoms with E-state index in [0.29, 0.717) is 18.0 Å². The Morgan fingerprint density at radius 1 is 1.35 bits per heavy atom. The number of nitrogens with zero attached hydrogens (tertiary/aromatic N) is 1. The molecule has 1 fully saturated rings. The van der Waals surface area contributed by atoms with Crippen LogP contribution in [0.4, 0.5) is 9.18 Å². The summed E-state index contributed by atoms with van der Waals surface area (Å²) in [5, 5.41) is 3.07. The lowest BCUT2D eigenvalue weighted by molar-refractivity contribution is 0.189. The molecule has 0 bridgehead atoms. The number of carbonyl (C=O) groups is 1. The number of benzene rings is 1. The standard InChI is InChI=1S/C16H23FN2O/c1-12-7-3-6-10-15(12)18-16(20)19(2)11-13-8-4-5-9-14(13)17/h4-5,8-9,12,15H,3,6-7,10-11H2,1-2H3,(H,18,20). The molecular weight excluding hydrogens is 255 g/mol. The number of hydrogen-bond donors (Lipinski definition) is 1. The van der Waals surface area contributed by atoms with Gasteiger partial charge in [-0.1, -0.05) is 38.0 Å². The quantitative estimate of drug-likeness (QED) is 0.901. The third-order valence-electron chi connectivity index (χ3n) is 4.13. The average Bonchev–Trinajstić information content (AvgIpc) is 2.43. The molecule has 1 aromatic rings. The van der Waals surface area contributed by atoms with E-state index in [1.807, 2.05) is 0 Å². The molecule has 2 amide bonds. The molecule has 1 saturated carbocycles. The highest BCUT2D eigenvalue weighted by Crippen LogP contribution is 2.23. The molecule has 1 aliphatic carbocycles. The van der Waals surface area contributed by atoms with E-state index in [9.17, 15) is 9.18 Å². The van der Waals surface area contributed by atoms with E-state index in [2.05, 4.69) is 12.2 Å². The predicted molar refractivity (Wildman–Crippen MR) is 77.8 cm³/mol. The normalized spacial score (nSPS) is 22.4. The van der Waals surface area contributed by atoms with Gasteiger partial charge in [0, 0.05) is 25.2 Å². The van der Waals surface area contributed by atoms with E-state index in [0.717, 1.165) is 6.42 Å². The van der Waals surface area contributed by atoms with Crippen molar-refractivity contribution in [2.75, 3.05) is 7.05 Å². The molecule has 1 N–H and O–H groups in total. The lowest BCUT2D eigenvalue weighted by Crippen LogP contribution is -2.46. The number of hydrogen-bond acceptors (Lipinski definition) is 1. The predicted octanol–water partition coefficient (Wildman–Crippen LogP) is 3.55. The summed E-state index contributed by atoms with van der Waals surface area (Å²) in [5.41, 5.74) is 0.543. The minimum Gasteiger partial charge on any atom is -0.335 e. The van der Waals surface area contributed by atoms with Gasteiger partial charge in [-0.05, 0) is 24.8 Å². The first-order valence-electron chi connectivity index (χ1n) is 7.33. The Labute approximate surface area is 120 Å². The van der Waals surface area contributed by atoms with Crippen LogP contribution in [0, 0.1) is 11.7 Å². The van der Waals surface area contributed by atoms with Crippen molar-refractivity contribution in [1.82, 2.24) is 10.2 Å². The minimum atomic E-state index is -0.266. The number of amides is 2. The van der Waals surface area contributed by atoms with Crippen LogP contribution in [0.25, 0.3) is 0 Å². The average molecular weight is 278 g/mol. The summed E-state index contributed by atoms with van der Waals surface area (Å²) in [6, 6.07) is 6.70. The summed E-state index contributed by atoms with van der Waals surface area (Å²) in [4.78, 5) is 13.7. The molecule has 2 unspecified atom stereocenters. The zero-order chi connectivity index (χ0) is 14.5. The smallest absolute Gasteiger partial charge is 0.317 e. The molecule has 0 spiro atoms. The van der Waals surface area contributed by atoms with E-state index in [1.165, 1.54) is 25.3 Å². The first kappa shape index (κ1) is 14.8. The number of nitrogens with one attached hydrogen (secondary N) is 1. The zero-order valence-corrected chi connectivity index (χ0v) is 12.2. The topological polar surface area (TPSA) is 32.3 Å². The molecule has 0 radical (unpaired) electrons. The van der Waals surface area contributed by atoms with Crippen molar-refractivity contribution in [2.45, 2.75) is 45.2 Å². The third kappa shape index (κ3) is 3.71. The number of carbonyl (C=O) groups excluding carboxylic acids is 1. The molecule has 0 aliphatic heterocycles. The number of halogens is 1. The molecule has 20 heavy (non-hydrogen) atoms. The van der Waals surface area contributed by atoms with Crippen LogP contribution in [0.1, 0.15) is 38.2 Å². The van der Waals surface area contributed by atoms with Crippen molar-refractivity contribution in [1.29, 1.82) is 0 Å². The van der Waals surface area contributed by atoms with E-state index < -0.39 is 0 Å². The zero-order valence-electron chi connectivity index (χ0n) is 12.2. The largest absolute Gasteiger partial charge is 0.335 e. The van der Waals surface area contributed by atoms with Crippen LogP contribution < -0.4 is 5.32 Å². The lowest BCUT2D eigenvalue weighted by atomic mass is 9.86. The monoisotopic (exact) mass is 278 g/mol. The van der Waals surface area contributed by atoms with Crippen LogP contribution in [0.3, 0.4) is 0 Å². The highest BCUT2D eigenvalue weighted by atomic mass is 19.1. The summed E-state index contributed by atoms with van der Waals surface area (Å²) in [7, 11) is 1.70. The van der Waals surface area contributed by atoms with Gasteiger partial charge in [0.15, 0.2) is 0 Å². The molecule has 0 heterocycles. The van der Waals surface area contributed by atoms with E-state index in [-0.39, 0.29) is 17.9 Å². The molecule has 2 atom stereocenters. The Balaban J connectivity index is 1.90. The molecule has 3 nitrogen and oxygen atoms in total. The fraction of sp³-hybridized carbons (Fsp3) is 0.562. The third-order valence-corrected chi connectivity index (χ3v) is 4.13. The van der Waals surface area contributed by atoms with Gasteiger partial charge < -0.3 is 10.2 Å². The van der Waals surface area contributed by atoms with Crippen molar-refractivity contribution < 1.29 is 9.18 Å². The summed E-state index contributed by atoms with van der Waals surface area (Å²) >= 11 is 0. The maximum Gasteiger partial charge on any atom is 0.317 e. The minimum absolute atomic E-state index is 0.119. The fourth-order valence-corrected chi connectivity index (χ4v) is 2.75. The second-order valence-electron chi connectivity index (χ2n) is 5.77. The Hall–Kier alpha value is -1.58. The van der Waals surface area contributed by atoms with Crippen LogP contribution in [-0.4, -0.2) is 24.0 Å². The van der Waals surface area contributed by atoms with Gasteiger partial charge in [-0.2, -0.15) is 0 Å².